The smallest absolute Gasteiger partial charge is 0.346 e. The van der Waals surface area contributed by atoms with E-state index in [4.69, 9.17) is 9.47 Å². The Morgan fingerprint density at radius 2 is 1.60 bits per heavy atom. The Morgan fingerprint density at radius 1 is 0.894 bits per heavy atom. The fourth-order valence-corrected chi connectivity index (χ4v) is 6.59. The lowest BCUT2D eigenvalue weighted by Gasteiger charge is -2.41. The van der Waals surface area contributed by atoms with Crippen molar-refractivity contribution in [3.05, 3.63) is 130 Å². The van der Waals surface area contributed by atoms with Gasteiger partial charge in [-0.05, 0) is 47.0 Å². The van der Waals surface area contributed by atoms with E-state index in [1.54, 1.807) is 12.3 Å². The standard InChI is InChI=1S/C35H30N2O9S/c1-19-28(18-47-31-26(32(40)41)3-2-14-36-31)44-35(45-29(19)22-8-6-21(17-38)7-9-22)23-10-4-20(5-11-23)16-37-30(39)24-12-13-25-27(15-24)34(43)46-33(25)42/h2-15,19,28-29,35,38H,16-18H2,1H3,(H,37,39)(H,40,41)/t19-,28+,29+,35?/m0/s1. The molecule has 0 spiro atoms. The topological polar surface area (TPSA) is 161 Å². The Kier molecular flexibility index (Phi) is 9.45. The average molecular weight is 655 g/mol. The SMILES string of the molecule is C[C@H]1[C@@H](CSc2ncccc2C(=O)O)OC(c2ccc(CNC(=O)c3ccc4c(c3)C(=O)OC4=O)cc2)O[C@H]1c1ccc(CO)cc1. The Bertz CT molecular complexity index is 1830. The molecule has 3 heterocycles. The highest BCUT2D eigenvalue weighted by atomic mass is 32.2. The lowest BCUT2D eigenvalue weighted by atomic mass is 9.91. The molecule has 2 aliphatic rings. The minimum Gasteiger partial charge on any atom is -0.478 e. The second-order valence-electron chi connectivity index (χ2n) is 11.2. The number of carbonyl (C=O) groups excluding carboxylic acids is 3. The molecule has 11 nitrogen and oxygen atoms in total. The van der Waals surface area contributed by atoms with Gasteiger partial charge in [0.2, 0.25) is 0 Å². The second-order valence-corrected chi connectivity index (χ2v) is 12.2. The predicted molar refractivity (Wildman–Crippen MR) is 169 cm³/mol. The highest BCUT2D eigenvalue weighted by Gasteiger charge is 2.38. The molecule has 4 atom stereocenters. The van der Waals surface area contributed by atoms with Gasteiger partial charge in [0.1, 0.15) is 5.03 Å². The summed E-state index contributed by atoms with van der Waals surface area (Å²) in [6.07, 6.45) is 0.141. The molecule has 12 heteroatoms. The number of ether oxygens (including phenoxy) is 3. The van der Waals surface area contributed by atoms with Crippen molar-refractivity contribution >= 4 is 35.6 Å². The van der Waals surface area contributed by atoms with Gasteiger partial charge < -0.3 is 29.7 Å². The minimum atomic E-state index is -1.05. The molecule has 0 radical (unpaired) electrons. The van der Waals surface area contributed by atoms with Gasteiger partial charge in [-0.15, -0.1) is 11.8 Å². The maximum atomic E-state index is 12.8. The van der Waals surface area contributed by atoms with Crippen molar-refractivity contribution in [1.29, 1.82) is 0 Å². The van der Waals surface area contributed by atoms with Crippen molar-refractivity contribution in [3.8, 4) is 0 Å². The third kappa shape index (κ3) is 6.96. The lowest BCUT2D eigenvalue weighted by molar-refractivity contribution is -0.268. The molecular formula is C35H30N2O9S. The van der Waals surface area contributed by atoms with Gasteiger partial charge in [-0.3, -0.25) is 4.79 Å². The van der Waals surface area contributed by atoms with Crippen molar-refractivity contribution in [2.75, 3.05) is 5.75 Å². The zero-order valence-electron chi connectivity index (χ0n) is 25.1. The summed E-state index contributed by atoms with van der Waals surface area (Å²) in [7, 11) is 0. The summed E-state index contributed by atoms with van der Waals surface area (Å²) in [4.78, 5) is 52.3. The molecule has 1 amide bonds. The van der Waals surface area contributed by atoms with Crippen molar-refractivity contribution in [3.63, 3.8) is 0 Å². The van der Waals surface area contributed by atoms with Crippen molar-refractivity contribution in [2.24, 2.45) is 5.92 Å². The van der Waals surface area contributed by atoms with Gasteiger partial charge in [0.05, 0.1) is 35.5 Å². The molecule has 1 saturated heterocycles. The van der Waals surface area contributed by atoms with Crippen molar-refractivity contribution in [1.82, 2.24) is 10.3 Å². The molecule has 0 aliphatic carbocycles. The molecule has 47 heavy (non-hydrogen) atoms. The second kappa shape index (κ2) is 13.9. The maximum Gasteiger partial charge on any atom is 0.346 e. The van der Waals surface area contributed by atoms with E-state index < -0.39 is 30.1 Å². The Morgan fingerprint density at radius 3 is 2.32 bits per heavy atom. The molecule has 1 unspecified atom stereocenters. The molecule has 1 aromatic heterocycles. The summed E-state index contributed by atoms with van der Waals surface area (Å²) in [5, 5.41) is 22.3. The number of aliphatic hydroxyl groups excluding tert-OH is 1. The largest absolute Gasteiger partial charge is 0.478 e. The van der Waals surface area contributed by atoms with Crippen LogP contribution in [-0.2, 0) is 27.4 Å². The minimum absolute atomic E-state index is 0.0653. The summed E-state index contributed by atoms with van der Waals surface area (Å²) in [5.74, 6) is -2.64. The monoisotopic (exact) mass is 654 g/mol. The first kappa shape index (κ1) is 32.1. The van der Waals surface area contributed by atoms with E-state index in [1.165, 1.54) is 36.0 Å². The van der Waals surface area contributed by atoms with E-state index in [2.05, 4.69) is 15.0 Å². The maximum absolute atomic E-state index is 12.8. The van der Waals surface area contributed by atoms with Crippen LogP contribution in [0.4, 0.5) is 0 Å². The van der Waals surface area contributed by atoms with E-state index in [9.17, 15) is 29.4 Å². The number of benzene rings is 3. The fraction of sp³-hybridized carbons (Fsp3) is 0.229. The molecule has 240 valence electrons. The number of carboxylic acids is 1. The van der Waals surface area contributed by atoms with E-state index >= 15 is 0 Å². The van der Waals surface area contributed by atoms with Crippen LogP contribution in [0.5, 0.6) is 0 Å². The van der Waals surface area contributed by atoms with Crippen LogP contribution in [0.2, 0.25) is 0 Å². The zero-order valence-corrected chi connectivity index (χ0v) is 25.9. The fourth-order valence-electron chi connectivity index (χ4n) is 5.44. The first-order valence-corrected chi connectivity index (χ1v) is 15.8. The van der Waals surface area contributed by atoms with Crippen LogP contribution >= 0.6 is 11.8 Å². The number of nitrogens with one attached hydrogen (secondary N) is 1. The number of pyridine rings is 1. The molecule has 0 saturated carbocycles. The number of aromatic nitrogens is 1. The van der Waals surface area contributed by atoms with Gasteiger partial charge in [-0.1, -0.05) is 55.5 Å². The molecule has 3 N–H and O–H groups in total. The molecule has 0 bridgehead atoms. The quantitative estimate of drug-likeness (QED) is 0.119. The van der Waals surface area contributed by atoms with Gasteiger partial charge >= 0.3 is 17.9 Å². The number of fused-ring (bicyclic) bond motifs is 1. The summed E-state index contributed by atoms with van der Waals surface area (Å²) in [6, 6.07) is 22.3. The number of aliphatic hydroxyl groups is 1. The average Bonchev–Trinajstić information content (AvgIpc) is 3.39. The van der Waals surface area contributed by atoms with Crippen LogP contribution < -0.4 is 5.32 Å². The number of carbonyl (C=O) groups is 4. The van der Waals surface area contributed by atoms with Crippen LogP contribution in [0.3, 0.4) is 0 Å². The Labute approximate surface area is 273 Å². The number of hydrogen-bond donors (Lipinski definition) is 3. The summed E-state index contributed by atoms with van der Waals surface area (Å²) >= 11 is 1.31. The van der Waals surface area contributed by atoms with Gasteiger partial charge in [0.15, 0.2) is 6.29 Å². The number of carboxylic acid groups (broad SMARTS) is 1. The number of rotatable bonds is 10. The van der Waals surface area contributed by atoms with Gasteiger partial charge in [0.25, 0.3) is 5.91 Å². The van der Waals surface area contributed by atoms with E-state index in [0.717, 1.165) is 22.3 Å². The number of thioether (sulfide) groups is 1. The zero-order chi connectivity index (χ0) is 33.1. The van der Waals surface area contributed by atoms with E-state index in [0.29, 0.717) is 10.8 Å². The van der Waals surface area contributed by atoms with E-state index in [1.807, 2.05) is 55.5 Å². The van der Waals surface area contributed by atoms with Crippen LogP contribution in [0.15, 0.2) is 90.1 Å². The molecule has 6 rings (SSSR count). The first-order chi connectivity index (χ1) is 22.7. The van der Waals surface area contributed by atoms with Crippen LogP contribution in [0.25, 0.3) is 0 Å². The number of amides is 1. The van der Waals surface area contributed by atoms with Gasteiger partial charge in [-0.25, -0.2) is 19.4 Å². The summed E-state index contributed by atoms with van der Waals surface area (Å²) in [5.41, 5.74) is 3.82. The summed E-state index contributed by atoms with van der Waals surface area (Å²) in [6.45, 7) is 2.16. The number of esters is 2. The number of aromatic carboxylic acids is 1. The van der Waals surface area contributed by atoms with Crippen LogP contribution in [0, 0.1) is 5.92 Å². The molecule has 2 aliphatic heterocycles. The highest BCUT2D eigenvalue weighted by molar-refractivity contribution is 7.99. The van der Waals surface area contributed by atoms with Gasteiger partial charge in [0, 0.05) is 35.5 Å². The Hall–Kier alpha value is -4.88. The number of cyclic esters (lactones) is 2. The lowest BCUT2D eigenvalue weighted by Crippen LogP contribution is -2.38. The third-order valence-corrected chi connectivity index (χ3v) is 9.22. The van der Waals surface area contributed by atoms with Crippen LogP contribution in [0.1, 0.15) is 83.0 Å². The number of nitrogens with zero attached hydrogens (tertiary/aromatic N) is 1. The van der Waals surface area contributed by atoms with Crippen molar-refractivity contribution in [2.45, 2.75) is 43.6 Å². The highest BCUT2D eigenvalue weighted by Crippen LogP contribution is 2.43. The Balaban J connectivity index is 1.16. The van der Waals surface area contributed by atoms with E-state index in [-0.39, 0.29) is 53.5 Å². The molecule has 4 aromatic rings. The molecular weight excluding hydrogens is 624 g/mol. The normalized spacial score (nSPS) is 20.4. The number of hydrogen-bond acceptors (Lipinski definition) is 10. The van der Waals surface area contributed by atoms with Crippen LogP contribution in [-0.4, -0.2) is 50.9 Å². The molecule has 1 fully saturated rings. The molecule has 3 aromatic carbocycles. The van der Waals surface area contributed by atoms with Gasteiger partial charge in [-0.2, -0.15) is 0 Å². The summed E-state index contributed by atoms with van der Waals surface area (Å²) < 4.78 is 17.6. The van der Waals surface area contributed by atoms with Crippen molar-refractivity contribution < 1.29 is 43.6 Å². The first-order valence-electron chi connectivity index (χ1n) is 14.8. The third-order valence-electron chi connectivity index (χ3n) is 8.12. The predicted octanol–water partition coefficient (Wildman–Crippen LogP) is 5.10.